The van der Waals surface area contributed by atoms with Crippen LogP contribution in [0, 0.1) is 5.82 Å². The molecule has 0 aromatic heterocycles. The lowest BCUT2D eigenvalue weighted by molar-refractivity contribution is -0.135. The van der Waals surface area contributed by atoms with E-state index < -0.39 is 0 Å². The number of amides is 1. The molecule has 1 aliphatic rings. The maximum absolute atomic E-state index is 14.4. The zero-order chi connectivity index (χ0) is 21.0. The molecule has 2 aromatic rings. The average Bonchev–Trinajstić information content (AvgIpc) is 2.73. The largest absolute Gasteiger partial charge is 0.367 e. The van der Waals surface area contributed by atoms with Crippen LogP contribution in [0.5, 0.6) is 0 Å². The fourth-order valence-corrected chi connectivity index (χ4v) is 3.74. The summed E-state index contributed by atoms with van der Waals surface area (Å²) in [5, 5.41) is 0. The van der Waals surface area contributed by atoms with Crippen molar-refractivity contribution < 1.29 is 14.0 Å². The van der Waals surface area contributed by atoms with E-state index in [4.69, 9.17) is 0 Å². The summed E-state index contributed by atoms with van der Waals surface area (Å²) in [7, 11) is 1.83. The van der Waals surface area contributed by atoms with Crippen molar-refractivity contribution in [3.63, 3.8) is 0 Å². The molecule has 29 heavy (non-hydrogen) atoms. The zero-order valence-electron chi connectivity index (χ0n) is 17.3. The van der Waals surface area contributed by atoms with Gasteiger partial charge in [-0.3, -0.25) is 14.5 Å². The van der Waals surface area contributed by atoms with E-state index in [2.05, 4.69) is 4.90 Å². The molecule has 1 atom stereocenters. The third kappa shape index (κ3) is 5.01. The van der Waals surface area contributed by atoms with Gasteiger partial charge < -0.3 is 9.80 Å². The average molecular weight is 397 g/mol. The van der Waals surface area contributed by atoms with Gasteiger partial charge in [0.05, 0.1) is 11.7 Å². The summed E-state index contributed by atoms with van der Waals surface area (Å²) in [5.41, 5.74) is 1.99. The Morgan fingerprint density at radius 2 is 1.72 bits per heavy atom. The summed E-state index contributed by atoms with van der Waals surface area (Å²) < 4.78 is 14.4. The number of benzene rings is 2. The number of anilines is 1. The van der Waals surface area contributed by atoms with Crippen LogP contribution in [0.1, 0.15) is 29.8 Å². The number of carbonyl (C=O) groups excluding carboxylic acids is 2. The summed E-state index contributed by atoms with van der Waals surface area (Å²) in [4.78, 5) is 30.1. The summed E-state index contributed by atoms with van der Waals surface area (Å²) in [6, 6.07) is 14.3. The fourth-order valence-electron chi connectivity index (χ4n) is 3.74. The molecule has 3 rings (SSSR count). The Hall–Kier alpha value is -2.73. The zero-order valence-corrected chi connectivity index (χ0v) is 17.3. The summed E-state index contributed by atoms with van der Waals surface area (Å²) in [6.45, 7) is 6.58. The van der Waals surface area contributed by atoms with Crippen LogP contribution in [0.25, 0.3) is 0 Å². The second kappa shape index (κ2) is 9.18. The molecule has 0 radical (unpaired) electrons. The standard InChI is InChI=1S/C23H28FN3O2/c1-17(23(29)25(3)16-19-7-5-4-6-8-19)26-11-13-27(14-12-26)22-10-9-20(18(2)28)15-21(22)24/h4-10,15,17H,11-14,16H2,1-3H3. The molecule has 2 aromatic carbocycles. The van der Waals surface area contributed by atoms with Crippen molar-refractivity contribution in [3.05, 3.63) is 65.5 Å². The number of Topliss-reactive ketones (excluding diaryl/α,β-unsaturated/α-hetero) is 1. The van der Waals surface area contributed by atoms with E-state index in [-0.39, 0.29) is 23.5 Å². The van der Waals surface area contributed by atoms with Crippen LogP contribution in [0.4, 0.5) is 10.1 Å². The summed E-state index contributed by atoms with van der Waals surface area (Å²) in [5.74, 6) is -0.440. The van der Waals surface area contributed by atoms with Crippen molar-refractivity contribution in [2.75, 3.05) is 38.1 Å². The van der Waals surface area contributed by atoms with E-state index in [1.165, 1.54) is 13.0 Å². The Bertz CT molecular complexity index is 864. The lowest BCUT2D eigenvalue weighted by Gasteiger charge is -2.39. The molecule has 1 aliphatic heterocycles. The van der Waals surface area contributed by atoms with Crippen molar-refractivity contribution >= 4 is 17.4 Å². The second-order valence-corrected chi connectivity index (χ2v) is 7.60. The van der Waals surface area contributed by atoms with Crippen molar-refractivity contribution in [1.29, 1.82) is 0 Å². The topological polar surface area (TPSA) is 43.9 Å². The monoisotopic (exact) mass is 397 g/mol. The second-order valence-electron chi connectivity index (χ2n) is 7.60. The van der Waals surface area contributed by atoms with Crippen LogP contribution in [0.15, 0.2) is 48.5 Å². The lowest BCUT2D eigenvalue weighted by atomic mass is 10.1. The summed E-state index contributed by atoms with van der Waals surface area (Å²) >= 11 is 0. The Kier molecular flexibility index (Phi) is 6.64. The fraction of sp³-hybridized carbons (Fsp3) is 0.391. The van der Waals surface area contributed by atoms with E-state index in [1.807, 2.05) is 49.2 Å². The molecule has 1 fully saturated rings. The molecule has 5 nitrogen and oxygen atoms in total. The molecule has 0 N–H and O–H groups in total. The third-order valence-corrected chi connectivity index (χ3v) is 5.55. The van der Waals surface area contributed by atoms with Gasteiger partial charge in [0.1, 0.15) is 5.82 Å². The van der Waals surface area contributed by atoms with Gasteiger partial charge in [-0.1, -0.05) is 30.3 Å². The van der Waals surface area contributed by atoms with E-state index in [1.54, 1.807) is 17.0 Å². The smallest absolute Gasteiger partial charge is 0.239 e. The minimum Gasteiger partial charge on any atom is -0.367 e. The maximum Gasteiger partial charge on any atom is 0.239 e. The molecule has 0 aliphatic carbocycles. The number of carbonyl (C=O) groups is 2. The Balaban J connectivity index is 1.57. The molecule has 0 spiro atoms. The van der Waals surface area contributed by atoms with Gasteiger partial charge >= 0.3 is 0 Å². The van der Waals surface area contributed by atoms with Crippen molar-refractivity contribution in [3.8, 4) is 0 Å². The van der Waals surface area contributed by atoms with Gasteiger partial charge in [-0.05, 0) is 37.6 Å². The van der Waals surface area contributed by atoms with Crippen LogP contribution >= 0.6 is 0 Å². The Labute approximate surface area is 171 Å². The number of ketones is 1. The SMILES string of the molecule is CC(=O)c1ccc(N2CCN(C(C)C(=O)N(C)Cc3ccccc3)CC2)c(F)c1. The molecule has 154 valence electrons. The van der Waals surface area contributed by atoms with Crippen LogP contribution < -0.4 is 4.90 Å². The van der Waals surface area contributed by atoms with E-state index in [0.717, 1.165) is 5.56 Å². The van der Waals surface area contributed by atoms with Crippen molar-refractivity contribution in [2.45, 2.75) is 26.4 Å². The Morgan fingerprint density at radius 3 is 2.31 bits per heavy atom. The van der Waals surface area contributed by atoms with Crippen LogP contribution in [-0.2, 0) is 11.3 Å². The molecule has 0 saturated carbocycles. The Morgan fingerprint density at radius 1 is 1.07 bits per heavy atom. The van der Waals surface area contributed by atoms with E-state index >= 15 is 0 Å². The highest BCUT2D eigenvalue weighted by Gasteiger charge is 2.28. The molecule has 1 saturated heterocycles. The first-order valence-corrected chi connectivity index (χ1v) is 9.95. The van der Waals surface area contributed by atoms with E-state index in [0.29, 0.717) is 44.0 Å². The number of nitrogens with zero attached hydrogens (tertiary/aromatic N) is 3. The van der Waals surface area contributed by atoms with Gasteiger partial charge in [0.15, 0.2) is 5.78 Å². The molecule has 1 unspecified atom stereocenters. The van der Waals surface area contributed by atoms with Gasteiger partial charge in [-0.15, -0.1) is 0 Å². The first-order valence-electron chi connectivity index (χ1n) is 9.95. The lowest BCUT2D eigenvalue weighted by Crippen LogP contribution is -2.54. The number of hydrogen-bond donors (Lipinski definition) is 0. The maximum atomic E-state index is 14.4. The first kappa shape index (κ1) is 21.0. The van der Waals surface area contributed by atoms with Crippen molar-refractivity contribution in [2.24, 2.45) is 0 Å². The number of rotatable bonds is 6. The molecular formula is C23H28FN3O2. The van der Waals surface area contributed by atoms with Crippen LogP contribution in [-0.4, -0.2) is 60.8 Å². The quantitative estimate of drug-likeness (QED) is 0.702. The predicted octanol–water partition coefficient (Wildman–Crippen LogP) is 3.20. The number of piperazine rings is 1. The molecule has 1 amide bonds. The number of likely N-dealkylation sites (N-methyl/N-ethyl adjacent to an activating group) is 1. The van der Waals surface area contributed by atoms with Crippen LogP contribution in [0.2, 0.25) is 0 Å². The van der Waals surface area contributed by atoms with Gasteiger partial charge in [0.25, 0.3) is 0 Å². The minimum absolute atomic E-state index is 0.0827. The predicted molar refractivity (Wildman–Crippen MR) is 113 cm³/mol. The molecule has 1 heterocycles. The highest BCUT2D eigenvalue weighted by Crippen LogP contribution is 2.23. The normalized spacial score (nSPS) is 15.8. The van der Waals surface area contributed by atoms with E-state index in [9.17, 15) is 14.0 Å². The van der Waals surface area contributed by atoms with Gasteiger partial charge in [-0.25, -0.2) is 4.39 Å². The third-order valence-electron chi connectivity index (χ3n) is 5.55. The molecule has 6 heteroatoms. The van der Waals surface area contributed by atoms with Crippen molar-refractivity contribution in [1.82, 2.24) is 9.80 Å². The molecule has 0 bridgehead atoms. The number of hydrogen-bond acceptors (Lipinski definition) is 4. The van der Waals surface area contributed by atoms with Gasteiger partial charge in [-0.2, -0.15) is 0 Å². The first-order chi connectivity index (χ1) is 13.9. The van der Waals surface area contributed by atoms with Crippen LogP contribution in [0.3, 0.4) is 0 Å². The van der Waals surface area contributed by atoms with Gasteiger partial charge in [0, 0.05) is 45.3 Å². The highest BCUT2D eigenvalue weighted by atomic mass is 19.1. The summed E-state index contributed by atoms with van der Waals surface area (Å²) in [6.07, 6.45) is 0. The highest BCUT2D eigenvalue weighted by molar-refractivity contribution is 5.94. The molecular weight excluding hydrogens is 369 g/mol. The van der Waals surface area contributed by atoms with Gasteiger partial charge in [0.2, 0.25) is 5.91 Å². The minimum atomic E-state index is -0.377. The number of halogens is 1.